The van der Waals surface area contributed by atoms with Gasteiger partial charge in [-0.25, -0.2) is 0 Å². The van der Waals surface area contributed by atoms with Crippen LogP contribution in [0.5, 0.6) is 0 Å². The highest BCUT2D eigenvalue weighted by Gasteiger charge is 2.25. The first-order valence-electron chi connectivity index (χ1n) is 3.42. The number of hydrogen-bond acceptors (Lipinski definition) is 2. The van der Waals surface area contributed by atoms with Gasteiger partial charge < -0.3 is 9.47 Å². The molecular weight excluding hydrogens is 116 g/mol. The van der Waals surface area contributed by atoms with Gasteiger partial charge in [-0.05, 0) is 6.42 Å². The van der Waals surface area contributed by atoms with E-state index in [1.165, 1.54) is 0 Å². The van der Waals surface area contributed by atoms with E-state index in [1.54, 1.807) is 0 Å². The first kappa shape index (κ1) is 7.03. The second-order valence-corrected chi connectivity index (χ2v) is 2.98. The fourth-order valence-corrected chi connectivity index (χ4v) is 0.881. The summed E-state index contributed by atoms with van der Waals surface area (Å²) in [6.45, 7) is 6.53. The minimum absolute atomic E-state index is 0.276. The highest BCUT2D eigenvalue weighted by atomic mass is 16.7. The molecule has 1 saturated heterocycles. The Morgan fingerprint density at radius 3 is 2.22 bits per heavy atom. The summed E-state index contributed by atoms with van der Waals surface area (Å²) in [5.41, 5.74) is 0.276. The Balaban J connectivity index is 2.37. The van der Waals surface area contributed by atoms with Gasteiger partial charge in [-0.3, -0.25) is 0 Å². The van der Waals surface area contributed by atoms with E-state index in [-0.39, 0.29) is 5.41 Å². The van der Waals surface area contributed by atoms with Crippen LogP contribution in [0.15, 0.2) is 0 Å². The van der Waals surface area contributed by atoms with Crippen molar-refractivity contribution in [1.29, 1.82) is 0 Å². The summed E-state index contributed by atoms with van der Waals surface area (Å²) in [7, 11) is 0. The van der Waals surface area contributed by atoms with E-state index in [1.807, 2.05) is 0 Å². The summed E-state index contributed by atoms with van der Waals surface area (Å²) in [5, 5.41) is 0. The standard InChI is InChI=1S/C7H14O2/c1-3-7(2)4-8-6-9-5-7/h3-6H2,1-2H3. The lowest BCUT2D eigenvalue weighted by molar-refractivity contribution is -0.159. The van der Waals surface area contributed by atoms with Gasteiger partial charge in [0.1, 0.15) is 6.79 Å². The predicted molar refractivity (Wildman–Crippen MR) is 35.2 cm³/mol. The van der Waals surface area contributed by atoms with Gasteiger partial charge in [0.15, 0.2) is 0 Å². The van der Waals surface area contributed by atoms with Crippen molar-refractivity contribution in [3.05, 3.63) is 0 Å². The average molecular weight is 130 g/mol. The third kappa shape index (κ3) is 1.66. The van der Waals surface area contributed by atoms with Crippen molar-refractivity contribution in [3.8, 4) is 0 Å². The molecule has 0 bridgehead atoms. The van der Waals surface area contributed by atoms with E-state index >= 15 is 0 Å². The number of rotatable bonds is 1. The molecule has 9 heavy (non-hydrogen) atoms. The first-order chi connectivity index (χ1) is 4.27. The van der Waals surface area contributed by atoms with Gasteiger partial charge >= 0.3 is 0 Å². The van der Waals surface area contributed by atoms with E-state index in [0.717, 1.165) is 19.6 Å². The van der Waals surface area contributed by atoms with Crippen molar-refractivity contribution in [1.82, 2.24) is 0 Å². The second-order valence-electron chi connectivity index (χ2n) is 2.98. The van der Waals surface area contributed by atoms with Crippen molar-refractivity contribution in [2.75, 3.05) is 20.0 Å². The maximum atomic E-state index is 5.15. The normalized spacial score (nSPS) is 26.0. The van der Waals surface area contributed by atoms with Crippen LogP contribution in [0.3, 0.4) is 0 Å². The van der Waals surface area contributed by atoms with Crippen molar-refractivity contribution < 1.29 is 9.47 Å². The topological polar surface area (TPSA) is 18.5 Å². The Bertz CT molecular complexity index is 84.9. The van der Waals surface area contributed by atoms with Crippen molar-refractivity contribution >= 4 is 0 Å². The van der Waals surface area contributed by atoms with Gasteiger partial charge in [-0.1, -0.05) is 13.8 Å². The molecule has 2 heteroatoms. The SMILES string of the molecule is CCC1(C)COCOC1. The molecule has 0 unspecified atom stereocenters. The molecule has 0 aromatic rings. The molecule has 1 aliphatic rings. The average Bonchev–Trinajstić information content (AvgIpc) is 1.90. The van der Waals surface area contributed by atoms with E-state index in [2.05, 4.69) is 13.8 Å². The van der Waals surface area contributed by atoms with Crippen LogP contribution in [0.4, 0.5) is 0 Å². The quantitative estimate of drug-likeness (QED) is 0.534. The molecule has 54 valence electrons. The largest absolute Gasteiger partial charge is 0.355 e. The summed E-state index contributed by atoms with van der Waals surface area (Å²) in [6.07, 6.45) is 1.13. The first-order valence-corrected chi connectivity index (χ1v) is 3.42. The molecule has 0 aromatic heterocycles. The molecule has 2 nitrogen and oxygen atoms in total. The van der Waals surface area contributed by atoms with Crippen LogP contribution in [-0.4, -0.2) is 20.0 Å². The molecule has 1 aliphatic heterocycles. The van der Waals surface area contributed by atoms with E-state index in [9.17, 15) is 0 Å². The second kappa shape index (κ2) is 2.67. The Morgan fingerprint density at radius 2 is 1.89 bits per heavy atom. The van der Waals surface area contributed by atoms with Gasteiger partial charge in [0.25, 0.3) is 0 Å². The highest BCUT2D eigenvalue weighted by Crippen LogP contribution is 2.24. The summed E-state index contributed by atoms with van der Waals surface area (Å²) < 4.78 is 10.3. The third-order valence-electron chi connectivity index (χ3n) is 1.92. The van der Waals surface area contributed by atoms with Crippen LogP contribution in [0.2, 0.25) is 0 Å². The lowest BCUT2D eigenvalue weighted by Gasteiger charge is -2.31. The summed E-state index contributed by atoms with van der Waals surface area (Å²) >= 11 is 0. The smallest absolute Gasteiger partial charge is 0.146 e. The minimum atomic E-state index is 0.276. The maximum absolute atomic E-state index is 5.15. The van der Waals surface area contributed by atoms with Gasteiger partial charge in [-0.15, -0.1) is 0 Å². The maximum Gasteiger partial charge on any atom is 0.146 e. The minimum Gasteiger partial charge on any atom is -0.355 e. The van der Waals surface area contributed by atoms with Crippen molar-refractivity contribution in [2.45, 2.75) is 20.3 Å². The van der Waals surface area contributed by atoms with Crippen molar-refractivity contribution in [3.63, 3.8) is 0 Å². The van der Waals surface area contributed by atoms with Crippen LogP contribution in [0.1, 0.15) is 20.3 Å². The fraction of sp³-hybridized carbons (Fsp3) is 1.00. The Labute approximate surface area is 56.2 Å². The molecule has 1 fully saturated rings. The summed E-state index contributed by atoms with van der Waals surface area (Å²) in [4.78, 5) is 0. The molecule has 1 heterocycles. The van der Waals surface area contributed by atoms with E-state index in [0.29, 0.717) is 6.79 Å². The van der Waals surface area contributed by atoms with Gasteiger partial charge in [0, 0.05) is 5.41 Å². The number of ether oxygens (including phenoxy) is 2. The van der Waals surface area contributed by atoms with Gasteiger partial charge in [0.05, 0.1) is 13.2 Å². The molecule has 0 N–H and O–H groups in total. The molecule has 0 atom stereocenters. The van der Waals surface area contributed by atoms with E-state index in [4.69, 9.17) is 9.47 Å². The number of hydrogen-bond donors (Lipinski definition) is 0. The van der Waals surface area contributed by atoms with Crippen LogP contribution in [0.25, 0.3) is 0 Å². The molecular formula is C7H14O2. The van der Waals surface area contributed by atoms with Gasteiger partial charge in [-0.2, -0.15) is 0 Å². The zero-order valence-electron chi connectivity index (χ0n) is 6.14. The molecule has 1 rings (SSSR count). The lowest BCUT2D eigenvalue weighted by atomic mass is 9.89. The zero-order chi connectivity index (χ0) is 6.74. The highest BCUT2D eigenvalue weighted by molar-refractivity contribution is 4.72. The Morgan fingerprint density at radius 1 is 1.33 bits per heavy atom. The fourth-order valence-electron chi connectivity index (χ4n) is 0.881. The monoisotopic (exact) mass is 130 g/mol. The lowest BCUT2D eigenvalue weighted by Crippen LogP contribution is -2.33. The molecule has 0 aromatic carbocycles. The molecule has 0 saturated carbocycles. The van der Waals surface area contributed by atoms with Gasteiger partial charge in [0.2, 0.25) is 0 Å². The molecule has 0 radical (unpaired) electrons. The Hall–Kier alpha value is -0.0800. The Kier molecular flexibility index (Phi) is 2.09. The molecule has 0 aliphatic carbocycles. The molecule has 0 amide bonds. The zero-order valence-corrected chi connectivity index (χ0v) is 6.14. The van der Waals surface area contributed by atoms with Crippen LogP contribution >= 0.6 is 0 Å². The van der Waals surface area contributed by atoms with Crippen LogP contribution < -0.4 is 0 Å². The third-order valence-corrected chi connectivity index (χ3v) is 1.92. The van der Waals surface area contributed by atoms with E-state index < -0.39 is 0 Å². The molecule has 0 spiro atoms. The van der Waals surface area contributed by atoms with Crippen LogP contribution in [0, 0.1) is 5.41 Å². The summed E-state index contributed by atoms with van der Waals surface area (Å²) in [5.74, 6) is 0. The predicted octanol–water partition coefficient (Wildman–Crippen LogP) is 1.41. The van der Waals surface area contributed by atoms with Crippen molar-refractivity contribution in [2.24, 2.45) is 5.41 Å². The summed E-state index contributed by atoms with van der Waals surface area (Å²) in [6, 6.07) is 0. The van der Waals surface area contributed by atoms with Crippen LogP contribution in [-0.2, 0) is 9.47 Å².